The summed E-state index contributed by atoms with van der Waals surface area (Å²) >= 11 is 0. The summed E-state index contributed by atoms with van der Waals surface area (Å²) in [5.74, 6) is -3.71. The Morgan fingerprint density at radius 2 is 2.03 bits per heavy atom. The van der Waals surface area contributed by atoms with Crippen molar-refractivity contribution in [1.82, 2.24) is 4.98 Å². The fourth-order valence-electron chi connectivity index (χ4n) is 4.72. The summed E-state index contributed by atoms with van der Waals surface area (Å²) in [6.07, 6.45) is 1.59. The molecule has 5 rings (SSSR count). The molecule has 2 aromatic rings. The third-order valence-corrected chi connectivity index (χ3v) is 6.98. The first-order valence-corrected chi connectivity index (χ1v) is 11.1. The fourth-order valence-corrected chi connectivity index (χ4v) is 4.72. The van der Waals surface area contributed by atoms with Crippen molar-refractivity contribution >= 4 is 40.1 Å². The first-order chi connectivity index (χ1) is 15.7. The highest BCUT2D eigenvalue weighted by molar-refractivity contribution is 6.28. The van der Waals surface area contributed by atoms with E-state index in [1.807, 2.05) is 11.8 Å². The molecule has 3 N–H and O–H groups in total. The average Bonchev–Trinajstić information content (AvgIpc) is 3.62. The molecule has 174 valence electrons. The lowest BCUT2D eigenvalue weighted by molar-refractivity contribution is -0.163. The van der Waals surface area contributed by atoms with Gasteiger partial charge < -0.3 is 25.4 Å². The number of aliphatic carboxylic acids is 1. The number of benzene rings is 1. The summed E-state index contributed by atoms with van der Waals surface area (Å²) in [5.41, 5.74) is 4.43. The number of nitrogens with two attached hydrogens (primary N) is 1. The Kier molecular flexibility index (Phi) is 4.82. The van der Waals surface area contributed by atoms with E-state index in [9.17, 15) is 23.9 Å². The average molecular weight is 456 g/mol. The molecule has 1 aliphatic carbocycles. The van der Waals surface area contributed by atoms with Crippen LogP contribution in [0.4, 0.5) is 15.9 Å². The van der Waals surface area contributed by atoms with Gasteiger partial charge in [0.25, 0.3) is 0 Å². The van der Waals surface area contributed by atoms with Crippen LogP contribution in [0.15, 0.2) is 18.2 Å². The largest absolute Gasteiger partial charge is 0.480 e. The number of rotatable bonds is 5. The molecule has 0 radical (unpaired) electrons. The number of aromatic nitrogens is 1. The Morgan fingerprint density at radius 3 is 2.61 bits per heavy atom. The van der Waals surface area contributed by atoms with Crippen molar-refractivity contribution in [1.29, 1.82) is 0 Å². The van der Waals surface area contributed by atoms with Gasteiger partial charge in [-0.25, -0.2) is 9.37 Å². The van der Waals surface area contributed by atoms with Gasteiger partial charge in [0.2, 0.25) is 5.41 Å². The number of ketones is 1. The predicted molar refractivity (Wildman–Crippen MR) is 118 cm³/mol. The molecule has 1 aromatic carbocycles. The number of esters is 1. The second-order valence-corrected chi connectivity index (χ2v) is 9.03. The maximum atomic E-state index is 15.0. The van der Waals surface area contributed by atoms with Crippen LogP contribution >= 0.6 is 0 Å². The van der Waals surface area contributed by atoms with E-state index in [1.54, 1.807) is 17.9 Å². The van der Waals surface area contributed by atoms with Crippen LogP contribution in [-0.4, -0.2) is 65.6 Å². The van der Waals surface area contributed by atoms with Gasteiger partial charge in [-0.15, -0.1) is 0 Å². The summed E-state index contributed by atoms with van der Waals surface area (Å²) < 4.78 is 20.0. The van der Waals surface area contributed by atoms with Gasteiger partial charge >= 0.3 is 11.9 Å². The van der Waals surface area contributed by atoms with E-state index >= 15 is 0 Å². The number of hydrogen-bond donors (Lipinski definition) is 2. The topological polar surface area (TPSA) is 126 Å². The van der Waals surface area contributed by atoms with E-state index in [1.165, 1.54) is 12.1 Å². The number of anilines is 2. The molecule has 0 amide bonds. The van der Waals surface area contributed by atoms with Crippen LogP contribution in [0.1, 0.15) is 37.0 Å². The minimum Gasteiger partial charge on any atom is -0.480 e. The van der Waals surface area contributed by atoms with Crippen LogP contribution < -0.4 is 15.5 Å². The number of hydrogen-bond acceptors (Lipinski definition) is 8. The van der Waals surface area contributed by atoms with Crippen molar-refractivity contribution in [3.8, 4) is 0 Å². The zero-order chi connectivity index (χ0) is 23.7. The summed E-state index contributed by atoms with van der Waals surface area (Å²) in [7, 11) is 0. The SMILES string of the molecule is CCOC(=O)C1(C(=O)O)CN(C2CC2)c2nc3cc(N4CC(N)C4C)c(F)cc3cc2C1=O. The van der Waals surface area contributed by atoms with Crippen molar-refractivity contribution in [2.24, 2.45) is 11.1 Å². The number of carboxylic acid groups (broad SMARTS) is 1. The van der Waals surface area contributed by atoms with Crippen LogP contribution in [0.3, 0.4) is 0 Å². The van der Waals surface area contributed by atoms with E-state index in [0.29, 0.717) is 29.0 Å². The quantitative estimate of drug-likeness (QED) is 0.511. The van der Waals surface area contributed by atoms with E-state index in [-0.39, 0.29) is 36.8 Å². The molecule has 0 spiro atoms. The van der Waals surface area contributed by atoms with Gasteiger partial charge in [-0.3, -0.25) is 14.4 Å². The summed E-state index contributed by atoms with van der Waals surface area (Å²) in [4.78, 5) is 46.7. The lowest BCUT2D eigenvalue weighted by Gasteiger charge is -2.46. The summed E-state index contributed by atoms with van der Waals surface area (Å²) in [6.45, 7) is 3.60. The van der Waals surface area contributed by atoms with E-state index < -0.39 is 29.0 Å². The molecule has 0 bridgehead atoms. The Balaban J connectivity index is 1.66. The second kappa shape index (κ2) is 7.38. The normalized spacial score (nSPS) is 26.7. The number of nitrogens with zero attached hydrogens (tertiary/aromatic N) is 3. The fraction of sp³-hybridized carbons (Fsp3) is 0.478. The Hall–Kier alpha value is -3.27. The van der Waals surface area contributed by atoms with Crippen LogP contribution in [-0.2, 0) is 14.3 Å². The van der Waals surface area contributed by atoms with E-state index in [0.717, 1.165) is 12.8 Å². The van der Waals surface area contributed by atoms with Gasteiger partial charge in [0.05, 0.1) is 29.9 Å². The molecule has 33 heavy (non-hydrogen) atoms. The van der Waals surface area contributed by atoms with Crippen LogP contribution in [0.5, 0.6) is 0 Å². The van der Waals surface area contributed by atoms with Gasteiger partial charge in [0.1, 0.15) is 11.6 Å². The maximum absolute atomic E-state index is 15.0. The molecule has 3 aliphatic rings. The number of carbonyl (C=O) groups is 3. The number of pyridine rings is 1. The van der Waals surface area contributed by atoms with E-state index in [4.69, 9.17) is 10.5 Å². The minimum atomic E-state index is -2.39. The minimum absolute atomic E-state index is 0.0115. The third-order valence-electron chi connectivity index (χ3n) is 6.98. The van der Waals surface area contributed by atoms with Gasteiger partial charge in [-0.1, -0.05) is 0 Å². The summed E-state index contributed by atoms with van der Waals surface area (Å²) in [5, 5.41) is 10.3. The molecule has 3 atom stereocenters. The highest BCUT2D eigenvalue weighted by atomic mass is 19.1. The zero-order valence-electron chi connectivity index (χ0n) is 18.4. The van der Waals surface area contributed by atoms with Gasteiger partial charge in [-0.2, -0.15) is 0 Å². The Morgan fingerprint density at radius 1 is 1.30 bits per heavy atom. The number of fused-ring (bicyclic) bond motifs is 2. The molecule has 1 aromatic heterocycles. The Labute approximate surface area is 189 Å². The first kappa shape index (κ1) is 21.6. The molecular weight excluding hydrogens is 431 g/mol. The molecule has 3 heterocycles. The van der Waals surface area contributed by atoms with E-state index in [2.05, 4.69) is 4.98 Å². The highest BCUT2D eigenvalue weighted by Gasteiger charge is 2.60. The smallest absolute Gasteiger partial charge is 0.333 e. The molecule has 1 saturated heterocycles. The molecule has 9 nitrogen and oxygen atoms in total. The number of carboxylic acids is 1. The molecule has 2 fully saturated rings. The van der Waals surface area contributed by atoms with Crippen molar-refractivity contribution in [3.63, 3.8) is 0 Å². The second-order valence-electron chi connectivity index (χ2n) is 9.03. The number of Topliss-reactive ketones (excluding diaryl/α,β-unsaturated/α-hetero) is 1. The van der Waals surface area contributed by atoms with Crippen LogP contribution in [0.2, 0.25) is 0 Å². The van der Waals surface area contributed by atoms with Crippen LogP contribution in [0.25, 0.3) is 10.9 Å². The van der Waals surface area contributed by atoms with Gasteiger partial charge in [0, 0.05) is 30.1 Å². The third kappa shape index (κ3) is 3.07. The van der Waals surface area contributed by atoms with Gasteiger partial charge in [0.15, 0.2) is 5.78 Å². The number of carbonyl (C=O) groups excluding carboxylic acids is 2. The molecule has 1 saturated carbocycles. The lowest BCUT2D eigenvalue weighted by Crippen LogP contribution is -2.63. The Bertz CT molecular complexity index is 1200. The number of halogens is 1. The number of ether oxygens (including phenoxy) is 1. The van der Waals surface area contributed by atoms with Crippen molar-refractivity contribution in [3.05, 3.63) is 29.6 Å². The predicted octanol–water partition coefficient (Wildman–Crippen LogP) is 1.71. The molecule has 10 heteroatoms. The maximum Gasteiger partial charge on any atom is 0.333 e. The van der Waals surface area contributed by atoms with Crippen molar-refractivity contribution in [2.75, 3.05) is 29.5 Å². The first-order valence-electron chi connectivity index (χ1n) is 11.1. The van der Waals surface area contributed by atoms with Crippen molar-refractivity contribution in [2.45, 2.75) is 44.8 Å². The molecular formula is C23H25FN4O5. The lowest BCUT2D eigenvalue weighted by atomic mass is 9.76. The van der Waals surface area contributed by atoms with Crippen molar-refractivity contribution < 1.29 is 28.6 Å². The van der Waals surface area contributed by atoms with Gasteiger partial charge in [-0.05, 0) is 44.9 Å². The zero-order valence-corrected chi connectivity index (χ0v) is 18.4. The summed E-state index contributed by atoms with van der Waals surface area (Å²) in [6, 6.07) is 4.27. The molecule has 3 unspecified atom stereocenters. The monoisotopic (exact) mass is 456 g/mol. The highest BCUT2D eigenvalue weighted by Crippen LogP contribution is 2.44. The standard InChI is InChI=1S/C23H25FN4O5/c1-3-33-22(32)23(21(30)31)10-28(13-4-5-13)20-14(19(23)29)6-12-7-15(24)18(8-17(12)26-20)27-9-16(25)11(27)2/h6-8,11,13,16H,3-5,9-10,25H2,1-2H3,(H,30,31). The van der Waals surface area contributed by atoms with Crippen LogP contribution in [0, 0.1) is 11.2 Å². The molecule has 2 aliphatic heterocycles.